The number of anilines is 1. The minimum absolute atomic E-state index is 0.0763. The second-order valence-corrected chi connectivity index (χ2v) is 7.16. The van der Waals surface area contributed by atoms with Gasteiger partial charge in [-0.15, -0.1) is 0 Å². The number of benzene rings is 2. The second kappa shape index (κ2) is 8.55. The number of halogens is 2. The summed E-state index contributed by atoms with van der Waals surface area (Å²) in [4.78, 5) is 12.6. The zero-order valence-corrected chi connectivity index (χ0v) is 16.9. The van der Waals surface area contributed by atoms with E-state index in [1.54, 1.807) is 18.2 Å². The van der Waals surface area contributed by atoms with Crippen LogP contribution < -0.4 is 14.8 Å². The number of hydrogen-bond acceptors (Lipinski definition) is 4. The Bertz CT molecular complexity index is 996. The standard InChI is InChI=1S/C21H18Cl2N2O3/c1-3-27-19-8-13-6-12(2)28-20(13)9-14(19)7-15(11-24)21(26)25-18-10-16(22)4-5-17(18)23/h4-5,7-10,12H,3,6H2,1-2H3,(H,25,26)/b15-7+/t12-/m0/s1. The topological polar surface area (TPSA) is 71.3 Å². The number of carbonyl (C=O) groups is 1. The molecule has 144 valence electrons. The van der Waals surface area contributed by atoms with E-state index in [1.807, 2.05) is 26.0 Å². The molecule has 0 unspecified atom stereocenters. The van der Waals surface area contributed by atoms with Crippen LogP contribution in [0, 0.1) is 11.3 Å². The third-order valence-electron chi connectivity index (χ3n) is 4.17. The van der Waals surface area contributed by atoms with Crippen LogP contribution in [-0.4, -0.2) is 18.6 Å². The van der Waals surface area contributed by atoms with Crippen molar-refractivity contribution in [2.24, 2.45) is 0 Å². The molecule has 5 nitrogen and oxygen atoms in total. The van der Waals surface area contributed by atoms with Gasteiger partial charge in [0.2, 0.25) is 0 Å². The molecule has 0 bridgehead atoms. The number of ether oxygens (including phenoxy) is 2. The summed E-state index contributed by atoms with van der Waals surface area (Å²) in [6.07, 6.45) is 2.34. The lowest BCUT2D eigenvalue weighted by molar-refractivity contribution is -0.112. The van der Waals surface area contributed by atoms with Gasteiger partial charge in [-0.25, -0.2) is 0 Å². The molecule has 28 heavy (non-hydrogen) atoms. The zero-order chi connectivity index (χ0) is 20.3. The third kappa shape index (κ3) is 4.41. The summed E-state index contributed by atoms with van der Waals surface area (Å²) >= 11 is 12.0. The molecule has 0 aromatic heterocycles. The zero-order valence-electron chi connectivity index (χ0n) is 15.4. The van der Waals surface area contributed by atoms with Gasteiger partial charge in [0, 0.05) is 22.6 Å². The van der Waals surface area contributed by atoms with Crippen molar-refractivity contribution in [3.63, 3.8) is 0 Å². The number of carbonyl (C=O) groups excluding carboxylic acids is 1. The predicted octanol–water partition coefficient (Wildman–Crippen LogP) is 5.26. The highest BCUT2D eigenvalue weighted by Gasteiger charge is 2.22. The summed E-state index contributed by atoms with van der Waals surface area (Å²) in [5.74, 6) is 0.738. The van der Waals surface area contributed by atoms with Crippen molar-refractivity contribution >= 4 is 40.9 Å². The average Bonchev–Trinajstić information content (AvgIpc) is 3.01. The SMILES string of the molecule is CCOc1cc2c(cc1/C=C(\C#N)C(=O)Nc1cc(Cl)ccc1Cl)O[C@@H](C)C2. The van der Waals surface area contributed by atoms with Gasteiger partial charge in [0.25, 0.3) is 5.91 Å². The Morgan fingerprint density at radius 3 is 2.89 bits per heavy atom. The quantitative estimate of drug-likeness (QED) is 0.532. The van der Waals surface area contributed by atoms with Crippen molar-refractivity contribution in [3.05, 3.63) is 57.1 Å². The highest BCUT2D eigenvalue weighted by atomic mass is 35.5. The molecule has 0 fully saturated rings. The van der Waals surface area contributed by atoms with Crippen LogP contribution in [0.3, 0.4) is 0 Å². The van der Waals surface area contributed by atoms with Crippen molar-refractivity contribution < 1.29 is 14.3 Å². The van der Waals surface area contributed by atoms with Crippen LogP contribution in [0.1, 0.15) is 25.0 Å². The Balaban J connectivity index is 1.94. The number of nitrogens with one attached hydrogen (secondary N) is 1. The highest BCUT2D eigenvalue weighted by molar-refractivity contribution is 6.36. The lowest BCUT2D eigenvalue weighted by Crippen LogP contribution is -2.14. The van der Waals surface area contributed by atoms with E-state index in [1.165, 1.54) is 12.1 Å². The normalized spacial score (nSPS) is 15.4. The lowest BCUT2D eigenvalue weighted by Gasteiger charge is -2.11. The number of rotatable bonds is 5. The first-order valence-electron chi connectivity index (χ1n) is 8.75. The van der Waals surface area contributed by atoms with Crippen molar-refractivity contribution in [1.82, 2.24) is 0 Å². The molecule has 1 heterocycles. The Morgan fingerprint density at radius 1 is 1.39 bits per heavy atom. The Labute approximate surface area is 173 Å². The van der Waals surface area contributed by atoms with Crippen LogP contribution in [0.15, 0.2) is 35.9 Å². The van der Waals surface area contributed by atoms with E-state index >= 15 is 0 Å². The fourth-order valence-corrected chi connectivity index (χ4v) is 3.27. The van der Waals surface area contributed by atoms with Gasteiger partial charge in [0.15, 0.2) is 0 Å². The van der Waals surface area contributed by atoms with Crippen molar-refractivity contribution in [1.29, 1.82) is 5.26 Å². The van der Waals surface area contributed by atoms with E-state index in [0.717, 1.165) is 17.7 Å². The van der Waals surface area contributed by atoms with Crippen LogP contribution in [0.5, 0.6) is 11.5 Å². The molecule has 1 N–H and O–H groups in total. The second-order valence-electron chi connectivity index (χ2n) is 6.31. The summed E-state index contributed by atoms with van der Waals surface area (Å²) in [5.41, 5.74) is 1.87. The molecule has 0 radical (unpaired) electrons. The van der Waals surface area contributed by atoms with E-state index in [4.69, 9.17) is 32.7 Å². The fraction of sp³-hybridized carbons (Fsp3) is 0.238. The molecule has 0 saturated carbocycles. The largest absolute Gasteiger partial charge is 0.493 e. The van der Waals surface area contributed by atoms with E-state index in [9.17, 15) is 10.1 Å². The first kappa shape index (κ1) is 20.1. The summed E-state index contributed by atoms with van der Waals surface area (Å²) in [5, 5.41) is 12.9. The molecule has 0 aliphatic carbocycles. The Hall–Kier alpha value is -2.68. The first-order chi connectivity index (χ1) is 13.4. The molecule has 1 aliphatic heterocycles. The molecule has 1 aliphatic rings. The smallest absolute Gasteiger partial charge is 0.266 e. The summed E-state index contributed by atoms with van der Waals surface area (Å²) in [7, 11) is 0. The molecular weight excluding hydrogens is 399 g/mol. The molecule has 0 saturated heterocycles. The van der Waals surface area contributed by atoms with Gasteiger partial charge in [-0.1, -0.05) is 23.2 Å². The monoisotopic (exact) mass is 416 g/mol. The first-order valence-corrected chi connectivity index (χ1v) is 9.51. The van der Waals surface area contributed by atoms with Gasteiger partial charge in [0.05, 0.1) is 17.3 Å². The van der Waals surface area contributed by atoms with E-state index in [0.29, 0.717) is 33.7 Å². The maximum atomic E-state index is 12.6. The molecule has 2 aromatic carbocycles. The van der Waals surface area contributed by atoms with Gasteiger partial charge in [-0.2, -0.15) is 5.26 Å². The number of nitrogens with zero attached hydrogens (tertiary/aromatic N) is 1. The van der Waals surface area contributed by atoms with Gasteiger partial charge in [0.1, 0.15) is 29.2 Å². The van der Waals surface area contributed by atoms with Crippen LogP contribution >= 0.6 is 23.2 Å². The van der Waals surface area contributed by atoms with Gasteiger partial charge in [-0.3, -0.25) is 4.79 Å². The van der Waals surface area contributed by atoms with Crippen LogP contribution in [0.4, 0.5) is 5.69 Å². The lowest BCUT2D eigenvalue weighted by atomic mass is 10.0. The van der Waals surface area contributed by atoms with Gasteiger partial charge in [-0.05, 0) is 50.3 Å². The van der Waals surface area contributed by atoms with Gasteiger partial charge < -0.3 is 14.8 Å². The maximum Gasteiger partial charge on any atom is 0.266 e. The maximum absolute atomic E-state index is 12.6. The van der Waals surface area contributed by atoms with Crippen molar-refractivity contribution in [2.45, 2.75) is 26.4 Å². The summed E-state index contributed by atoms with van der Waals surface area (Å²) in [6.45, 7) is 4.32. The molecule has 0 spiro atoms. The van der Waals surface area contributed by atoms with Gasteiger partial charge >= 0.3 is 0 Å². The molecule has 3 rings (SSSR count). The minimum Gasteiger partial charge on any atom is -0.493 e. The van der Waals surface area contributed by atoms with Crippen molar-refractivity contribution in [2.75, 3.05) is 11.9 Å². The molecular formula is C21H18Cl2N2O3. The Morgan fingerprint density at radius 2 is 2.18 bits per heavy atom. The van der Waals surface area contributed by atoms with E-state index in [-0.39, 0.29) is 11.7 Å². The number of amides is 1. The molecule has 1 amide bonds. The van der Waals surface area contributed by atoms with E-state index < -0.39 is 5.91 Å². The predicted molar refractivity (Wildman–Crippen MR) is 110 cm³/mol. The average molecular weight is 417 g/mol. The third-order valence-corrected chi connectivity index (χ3v) is 4.73. The number of nitriles is 1. The number of fused-ring (bicyclic) bond motifs is 1. The molecule has 2 aromatic rings. The summed E-state index contributed by atoms with van der Waals surface area (Å²) < 4.78 is 11.5. The van der Waals surface area contributed by atoms with Crippen LogP contribution in [0.25, 0.3) is 6.08 Å². The summed E-state index contributed by atoms with van der Waals surface area (Å²) in [6, 6.07) is 10.3. The highest BCUT2D eigenvalue weighted by Crippen LogP contribution is 2.36. The van der Waals surface area contributed by atoms with Crippen LogP contribution in [0.2, 0.25) is 10.0 Å². The van der Waals surface area contributed by atoms with E-state index in [2.05, 4.69) is 5.32 Å². The fourth-order valence-electron chi connectivity index (χ4n) is 2.94. The molecule has 1 atom stereocenters. The van der Waals surface area contributed by atoms with Crippen LogP contribution in [-0.2, 0) is 11.2 Å². The Kier molecular flexibility index (Phi) is 6.13. The number of hydrogen-bond donors (Lipinski definition) is 1. The van der Waals surface area contributed by atoms with Crippen molar-refractivity contribution in [3.8, 4) is 17.6 Å². The minimum atomic E-state index is -0.594. The molecule has 7 heteroatoms.